The highest BCUT2D eigenvalue weighted by molar-refractivity contribution is 5.69. The summed E-state index contributed by atoms with van der Waals surface area (Å²) in [7, 11) is 0. The Balaban J connectivity index is 2.43. The van der Waals surface area contributed by atoms with Gasteiger partial charge in [0.15, 0.2) is 11.5 Å². The maximum Gasteiger partial charge on any atom is 0.305 e. The zero-order chi connectivity index (χ0) is 12.0. The van der Waals surface area contributed by atoms with E-state index in [9.17, 15) is 15.0 Å². The molecule has 4 heteroatoms. The molecule has 0 fully saturated rings. The molecule has 1 aromatic carbocycles. The Kier molecular flexibility index (Phi) is 4.64. The van der Waals surface area contributed by atoms with Crippen LogP contribution in [0.3, 0.4) is 0 Å². The minimum absolute atomic E-state index is 0.144. The van der Waals surface area contributed by atoms with Crippen LogP contribution in [-0.2, 0) is 16.0 Å². The highest BCUT2D eigenvalue weighted by Gasteiger charge is 2.06. The second-order valence-corrected chi connectivity index (χ2v) is 3.51. The third kappa shape index (κ3) is 3.46. The highest BCUT2D eigenvalue weighted by Crippen LogP contribution is 2.28. The maximum atomic E-state index is 11.1. The fourth-order valence-corrected chi connectivity index (χ4v) is 1.33. The summed E-state index contributed by atoms with van der Waals surface area (Å²) in [5.41, 5.74) is 0.573. The van der Waals surface area contributed by atoms with Crippen molar-refractivity contribution in [3.05, 3.63) is 23.8 Å². The van der Waals surface area contributed by atoms with Gasteiger partial charge in [-0.2, -0.15) is 0 Å². The fourth-order valence-electron chi connectivity index (χ4n) is 1.33. The first-order valence-corrected chi connectivity index (χ1v) is 5.30. The van der Waals surface area contributed by atoms with Crippen molar-refractivity contribution in [1.82, 2.24) is 0 Å². The number of para-hydroxylation sites is 1. The summed E-state index contributed by atoms with van der Waals surface area (Å²) >= 11 is 0. The Hall–Kier alpha value is -1.71. The largest absolute Gasteiger partial charge is 0.504 e. The third-order valence-electron chi connectivity index (χ3n) is 2.19. The van der Waals surface area contributed by atoms with E-state index in [2.05, 4.69) is 0 Å². The van der Waals surface area contributed by atoms with Gasteiger partial charge in [0.2, 0.25) is 0 Å². The van der Waals surface area contributed by atoms with Gasteiger partial charge in [0.25, 0.3) is 0 Å². The fraction of sp³-hybridized carbons (Fsp3) is 0.417. The number of aromatic hydroxyl groups is 2. The average molecular weight is 224 g/mol. The van der Waals surface area contributed by atoms with Crippen LogP contribution in [0.2, 0.25) is 0 Å². The van der Waals surface area contributed by atoms with Crippen LogP contribution < -0.4 is 0 Å². The van der Waals surface area contributed by atoms with Crippen molar-refractivity contribution in [3.63, 3.8) is 0 Å². The van der Waals surface area contributed by atoms with E-state index in [1.54, 1.807) is 12.1 Å². The number of ether oxygens (including phenoxy) is 1. The van der Waals surface area contributed by atoms with E-state index in [0.717, 1.165) is 6.42 Å². The summed E-state index contributed by atoms with van der Waals surface area (Å²) in [5.74, 6) is -0.534. The van der Waals surface area contributed by atoms with Crippen LogP contribution in [0.4, 0.5) is 0 Å². The number of phenolic OH excluding ortho intramolecular Hbond substituents is 2. The molecule has 0 radical (unpaired) electrons. The third-order valence-corrected chi connectivity index (χ3v) is 2.19. The molecule has 0 bridgehead atoms. The Morgan fingerprint density at radius 2 is 2.12 bits per heavy atom. The van der Waals surface area contributed by atoms with E-state index in [1.807, 2.05) is 6.92 Å². The van der Waals surface area contributed by atoms with Gasteiger partial charge < -0.3 is 14.9 Å². The summed E-state index contributed by atoms with van der Waals surface area (Å²) in [4.78, 5) is 11.1. The maximum absolute atomic E-state index is 11.1. The quantitative estimate of drug-likeness (QED) is 0.593. The van der Waals surface area contributed by atoms with Crippen LogP contribution in [0.1, 0.15) is 25.3 Å². The number of esters is 1. The second-order valence-electron chi connectivity index (χ2n) is 3.51. The molecule has 0 saturated carbocycles. The molecule has 88 valence electrons. The van der Waals surface area contributed by atoms with Crippen molar-refractivity contribution in [2.45, 2.75) is 26.2 Å². The van der Waals surface area contributed by atoms with Crippen molar-refractivity contribution < 1.29 is 19.7 Å². The molecule has 0 aromatic heterocycles. The van der Waals surface area contributed by atoms with E-state index in [1.165, 1.54) is 6.07 Å². The van der Waals surface area contributed by atoms with Gasteiger partial charge in [-0.15, -0.1) is 0 Å². The molecule has 4 nitrogen and oxygen atoms in total. The smallest absolute Gasteiger partial charge is 0.305 e. The van der Waals surface area contributed by atoms with Gasteiger partial charge in [0.1, 0.15) is 0 Å². The first-order valence-electron chi connectivity index (χ1n) is 5.30. The summed E-state index contributed by atoms with van der Waals surface area (Å²) < 4.78 is 4.95. The van der Waals surface area contributed by atoms with Crippen molar-refractivity contribution in [2.75, 3.05) is 6.61 Å². The summed E-state index contributed by atoms with van der Waals surface area (Å²) in [6.45, 7) is 2.12. The molecule has 0 unspecified atom stereocenters. The van der Waals surface area contributed by atoms with Crippen LogP contribution in [0.15, 0.2) is 18.2 Å². The number of benzene rings is 1. The van der Waals surface area contributed by atoms with Gasteiger partial charge in [0.05, 0.1) is 6.61 Å². The van der Waals surface area contributed by atoms with Gasteiger partial charge in [-0.25, -0.2) is 0 Å². The van der Waals surface area contributed by atoms with Crippen LogP contribution in [0.25, 0.3) is 0 Å². The van der Waals surface area contributed by atoms with Crippen molar-refractivity contribution in [2.24, 2.45) is 0 Å². The summed E-state index contributed by atoms with van der Waals surface area (Å²) in [6, 6.07) is 4.73. The first kappa shape index (κ1) is 12.4. The number of hydrogen-bond donors (Lipinski definition) is 2. The van der Waals surface area contributed by atoms with Crippen molar-refractivity contribution in [3.8, 4) is 11.5 Å². The molecule has 0 spiro atoms. The van der Waals surface area contributed by atoms with Gasteiger partial charge in [0, 0.05) is 18.4 Å². The van der Waals surface area contributed by atoms with Gasteiger partial charge >= 0.3 is 5.97 Å². The van der Waals surface area contributed by atoms with E-state index in [0.29, 0.717) is 18.4 Å². The molecule has 16 heavy (non-hydrogen) atoms. The SMILES string of the molecule is CCCC(=O)OCCc1cccc(O)c1O. The highest BCUT2D eigenvalue weighted by atomic mass is 16.5. The van der Waals surface area contributed by atoms with E-state index < -0.39 is 0 Å². The molecule has 0 heterocycles. The lowest BCUT2D eigenvalue weighted by molar-refractivity contribution is -0.143. The van der Waals surface area contributed by atoms with E-state index in [4.69, 9.17) is 4.74 Å². The number of phenols is 2. The standard InChI is InChI=1S/C12H16O4/c1-2-4-11(14)16-8-7-9-5-3-6-10(13)12(9)15/h3,5-6,13,15H,2,4,7-8H2,1H3. The molecule has 0 aliphatic heterocycles. The van der Waals surface area contributed by atoms with Crippen LogP contribution in [-0.4, -0.2) is 22.8 Å². The summed E-state index contributed by atoms with van der Waals surface area (Å²) in [6.07, 6.45) is 1.57. The monoisotopic (exact) mass is 224 g/mol. The Morgan fingerprint density at radius 1 is 1.38 bits per heavy atom. The zero-order valence-corrected chi connectivity index (χ0v) is 9.27. The number of carbonyl (C=O) groups is 1. The van der Waals surface area contributed by atoms with Crippen LogP contribution >= 0.6 is 0 Å². The lowest BCUT2D eigenvalue weighted by atomic mass is 10.1. The topological polar surface area (TPSA) is 66.8 Å². The second kappa shape index (κ2) is 6.00. The Morgan fingerprint density at radius 3 is 2.81 bits per heavy atom. The van der Waals surface area contributed by atoms with Gasteiger partial charge in [-0.05, 0) is 12.5 Å². The minimum atomic E-state index is -0.234. The van der Waals surface area contributed by atoms with Gasteiger partial charge in [-0.1, -0.05) is 19.1 Å². The molecular weight excluding hydrogens is 208 g/mol. The van der Waals surface area contributed by atoms with Crippen molar-refractivity contribution in [1.29, 1.82) is 0 Å². The van der Waals surface area contributed by atoms with E-state index in [-0.39, 0.29) is 24.1 Å². The molecule has 0 atom stereocenters. The molecule has 0 aliphatic carbocycles. The number of rotatable bonds is 5. The molecule has 1 aromatic rings. The normalized spacial score (nSPS) is 10.1. The molecule has 1 rings (SSSR count). The average Bonchev–Trinajstić information content (AvgIpc) is 2.25. The molecule has 0 amide bonds. The predicted molar refractivity (Wildman–Crippen MR) is 59.3 cm³/mol. The number of hydrogen-bond acceptors (Lipinski definition) is 4. The zero-order valence-electron chi connectivity index (χ0n) is 9.27. The number of carbonyl (C=O) groups excluding carboxylic acids is 1. The van der Waals surface area contributed by atoms with Gasteiger partial charge in [-0.3, -0.25) is 4.79 Å². The van der Waals surface area contributed by atoms with Crippen LogP contribution in [0.5, 0.6) is 11.5 Å². The van der Waals surface area contributed by atoms with Crippen LogP contribution in [0, 0.1) is 0 Å². The molecule has 0 aliphatic rings. The molecule has 0 saturated heterocycles. The van der Waals surface area contributed by atoms with E-state index >= 15 is 0 Å². The van der Waals surface area contributed by atoms with Crippen molar-refractivity contribution >= 4 is 5.97 Å². The molecule has 2 N–H and O–H groups in total. The predicted octanol–water partition coefficient (Wildman–Crippen LogP) is 1.98. The Labute approximate surface area is 94.5 Å². The first-order chi connectivity index (χ1) is 7.65. The summed E-state index contributed by atoms with van der Waals surface area (Å²) in [5, 5.41) is 18.7. The molecular formula is C12H16O4. The Bertz CT molecular complexity index is 360. The lowest BCUT2D eigenvalue weighted by Crippen LogP contribution is -2.07. The lowest BCUT2D eigenvalue weighted by Gasteiger charge is -2.06. The minimum Gasteiger partial charge on any atom is -0.504 e.